The minimum atomic E-state index is -0.781. The molecule has 0 radical (unpaired) electrons. The average Bonchev–Trinajstić information content (AvgIpc) is 2.02. The minimum Gasteiger partial charge on any atom is -0.481 e. The SMILES string of the molecule is C#CCC(CC(C)(C)C(C)C)C(=O)O. The predicted octanol–water partition coefficient (Wildman–Crippen LogP) is 2.78. The molecule has 80 valence electrons. The van der Waals surface area contributed by atoms with Crippen LogP contribution in [0.4, 0.5) is 0 Å². The van der Waals surface area contributed by atoms with Crippen LogP contribution in [0.1, 0.15) is 40.5 Å². The van der Waals surface area contributed by atoms with Crippen molar-refractivity contribution in [1.82, 2.24) is 0 Å². The zero-order chi connectivity index (χ0) is 11.4. The number of terminal acetylenes is 1. The average molecular weight is 196 g/mol. The maximum Gasteiger partial charge on any atom is 0.307 e. The van der Waals surface area contributed by atoms with E-state index in [1.165, 1.54) is 0 Å². The van der Waals surface area contributed by atoms with Gasteiger partial charge >= 0.3 is 5.97 Å². The Morgan fingerprint density at radius 2 is 2.00 bits per heavy atom. The highest BCUT2D eigenvalue weighted by Crippen LogP contribution is 2.34. The normalized spacial score (nSPS) is 13.7. The van der Waals surface area contributed by atoms with E-state index in [2.05, 4.69) is 33.6 Å². The summed E-state index contributed by atoms with van der Waals surface area (Å²) in [4.78, 5) is 10.9. The first-order valence-corrected chi connectivity index (χ1v) is 4.97. The van der Waals surface area contributed by atoms with Gasteiger partial charge in [-0.15, -0.1) is 12.3 Å². The lowest BCUT2D eigenvalue weighted by Gasteiger charge is -2.31. The molecular formula is C12H20O2. The number of hydrogen-bond donors (Lipinski definition) is 1. The lowest BCUT2D eigenvalue weighted by molar-refractivity contribution is -0.142. The molecule has 0 heterocycles. The Hall–Kier alpha value is -0.970. The van der Waals surface area contributed by atoms with E-state index in [9.17, 15) is 4.79 Å². The van der Waals surface area contributed by atoms with Crippen molar-refractivity contribution in [3.8, 4) is 12.3 Å². The summed E-state index contributed by atoms with van der Waals surface area (Å²) in [6.45, 7) is 8.39. The van der Waals surface area contributed by atoms with E-state index in [-0.39, 0.29) is 5.41 Å². The van der Waals surface area contributed by atoms with Crippen molar-refractivity contribution in [2.75, 3.05) is 0 Å². The second-order valence-corrected chi connectivity index (χ2v) is 4.79. The molecule has 0 aliphatic rings. The van der Waals surface area contributed by atoms with Crippen molar-refractivity contribution in [3.63, 3.8) is 0 Å². The summed E-state index contributed by atoms with van der Waals surface area (Å²) >= 11 is 0. The van der Waals surface area contributed by atoms with E-state index in [1.54, 1.807) is 0 Å². The summed E-state index contributed by atoms with van der Waals surface area (Å²) in [5.74, 6) is 1.70. The molecule has 0 amide bonds. The van der Waals surface area contributed by atoms with Crippen LogP contribution in [-0.4, -0.2) is 11.1 Å². The van der Waals surface area contributed by atoms with E-state index >= 15 is 0 Å². The molecule has 0 rings (SSSR count). The zero-order valence-electron chi connectivity index (χ0n) is 9.50. The highest BCUT2D eigenvalue weighted by atomic mass is 16.4. The fraction of sp³-hybridized carbons (Fsp3) is 0.750. The Balaban J connectivity index is 4.45. The maximum atomic E-state index is 10.9. The van der Waals surface area contributed by atoms with Crippen LogP contribution in [0.15, 0.2) is 0 Å². The van der Waals surface area contributed by atoms with Crippen LogP contribution < -0.4 is 0 Å². The van der Waals surface area contributed by atoms with Gasteiger partial charge in [0.1, 0.15) is 0 Å². The van der Waals surface area contributed by atoms with Crippen molar-refractivity contribution < 1.29 is 9.90 Å². The van der Waals surface area contributed by atoms with Crippen LogP contribution in [0.5, 0.6) is 0 Å². The number of carbonyl (C=O) groups is 1. The van der Waals surface area contributed by atoms with Gasteiger partial charge in [0, 0.05) is 6.42 Å². The topological polar surface area (TPSA) is 37.3 Å². The maximum absolute atomic E-state index is 10.9. The molecule has 0 aromatic rings. The van der Waals surface area contributed by atoms with Crippen LogP contribution in [-0.2, 0) is 4.79 Å². The van der Waals surface area contributed by atoms with E-state index in [4.69, 9.17) is 11.5 Å². The third kappa shape index (κ3) is 3.83. The van der Waals surface area contributed by atoms with Gasteiger partial charge in [-0.3, -0.25) is 4.79 Å². The monoisotopic (exact) mass is 196 g/mol. The summed E-state index contributed by atoms with van der Waals surface area (Å²) in [5.41, 5.74) is 0.0277. The summed E-state index contributed by atoms with van der Waals surface area (Å²) in [6.07, 6.45) is 6.12. The molecule has 0 saturated carbocycles. The smallest absolute Gasteiger partial charge is 0.307 e. The van der Waals surface area contributed by atoms with Gasteiger partial charge in [-0.25, -0.2) is 0 Å². The second-order valence-electron chi connectivity index (χ2n) is 4.79. The number of carboxylic acids is 1. The molecule has 0 aliphatic carbocycles. The number of carboxylic acid groups (broad SMARTS) is 1. The molecule has 0 spiro atoms. The van der Waals surface area contributed by atoms with E-state index in [1.807, 2.05) is 0 Å². The molecule has 14 heavy (non-hydrogen) atoms. The summed E-state index contributed by atoms with van der Waals surface area (Å²) in [7, 11) is 0. The molecule has 0 aromatic carbocycles. The molecule has 2 nitrogen and oxygen atoms in total. The molecule has 0 aromatic heterocycles. The second kappa shape index (κ2) is 5.05. The number of rotatable bonds is 5. The fourth-order valence-electron chi connectivity index (χ4n) is 1.26. The Morgan fingerprint density at radius 3 is 2.29 bits per heavy atom. The van der Waals surface area contributed by atoms with Gasteiger partial charge in [0.15, 0.2) is 0 Å². The van der Waals surface area contributed by atoms with Crippen LogP contribution in [0.3, 0.4) is 0 Å². The van der Waals surface area contributed by atoms with E-state index in [0.29, 0.717) is 18.8 Å². The molecule has 2 heteroatoms. The summed E-state index contributed by atoms with van der Waals surface area (Å²) < 4.78 is 0. The molecule has 0 bridgehead atoms. The van der Waals surface area contributed by atoms with Gasteiger partial charge < -0.3 is 5.11 Å². The van der Waals surface area contributed by atoms with Crippen molar-refractivity contribution in [3.05, 3.63) is 0 Å². The molecule has 1 N–H and O–H groups in total. The van der Waals surface area contributed by atoms with Gasteiger partial charge in [0.2, 0.25) is 0 Å². The Morgan fingerprint density at radius 1 is 1.50 bits per heavy atom. The Labute approximate surface area is 86.7 Å². The van der Waals surface area contributed by atoms with Gasteiger partial charge in [0.05, 0.1) is 5.92 Å². The standard InChI is InChI=1S/C12H20O2/c1-6-7-10(11(13)14)8-12(4,5)9(2)3/h1,9-10H,7-8H2,2-5H3,(H,13,14). The first kappa shape index (κ1) is 13.0. The van der Waals surface area contributed by atoms with Crippen molar-refractivity contribution in [2.24, 2.45) is 17.3 Å². The van der Waals surface area contributed by atoms with Crippen LogP contribution in [0.2, 0.25) is 0 Å². The summed E-state index contributed by atoms with van der Waals surface area (Å²) in [5, 5.41) is 8.95. The third-order valence-corrected chi connectivity index (χ3v) is 3.05. The largest absolute Gasteiger partial charge is 0.481 e. The fourth-order valence-corrected chi connectivity index (χ4v) is 1.26. The zero-order valence-corrected chi connectivity index (χ0v) is 9.50. The minimum absolute atomic E-state index is 0.0277. The van der Waals surface area contributed by atoms with Crippen LogP contribution in [0, 0.1) is 29.6 Å². The number of aliphatic carboxylic acids is 1. The molecular weight excluding hydrogens is 176 g/mol. The molecule has 0 aliphatic heterocycles. The van der Waals surface area contributed by atoms with E-state index in [0.717, 1.165) is 0 Å². The predicted molar refractivity (Wildman–Crippen MR) is 57.8 cm³/mol. The van der Waals surface area contributed by atoms with Gasteiger partial charge in [0.25, 0.3) is 0 Å². The quantitative estimate of drug-likeness (QED) is 0.686. The van der Waals surface area contributed by atoms with Gasteiger partial charge in [-0.05, 0) is 17.8 Å². The lowest BCUT2D eigenvalue weighted by atomic mass is 9.74. The van der Waals surface area contributed by atoms with Gasteiger partial charge in [-0.2, -0.15) is 0 Å². The highest BCUT2D eigenvalue weighted by Gasteiger charge is 2.29. The lowest BCUT2D eigenvalue weighted by Crippen LogP contribution is -2.26. The van der Waals surface area contributed by atoms with Crippen LogP contribution in [0.25, 0.3) is 0 Å². The van der Waals surface area contributed by atoms with Crippen molar-refractivity contribution in [1.29, 1.82) is 0 Å². The summed E-state index contributed by atoms with van der Waals surface area (Å²) in [6, 6.07) is 0. The third-order valence-electron chi connectivity index (χ3n) is 3.05. The molecule has 1 atom stereocenters. The molecule has 0 fully saturated rings. The first-order chi connectivity index (χ1) is 6.31. The Bertz CT molecular complexity index is 233. The van der Waals surface area contributed by atoms with E-state index < -0.39 is 11.9 Å². The van der Waals surface area contributed by atoms with Crippen molar-refractivity contribution >= 4 is 5.97 Å². The highest BCUT2D eigenvalue weighted by molar-refractivity contribution is 5.70. The number of hydrogen-bond acceptors (Lipinski definition) is 1. The van der Waals surface area contributed by atoms with Gasteiger partial charge in [-0.1, -0.05) is 27.7 Å². The molecule has 0 saturated heterocycles. The van der Waals surface area contributed by atoms with Crippen molar-refractivity contribution in [2.45, 2.75) is 40.5 Å². The first-order valence-electron chi connectivity index (χ1n) is 4.97. The van der Waals surface area contributed by atoms with Crippen LogP contribution >= 0.6 is 0 Å². The molecule has 1 unspecified atom stereocenters. The Kier molecular flexibility index (Phi) is 4.70.